The van der Waals surface area contributed by atoms with E-state index in [1.54, 1.807) is 0 Å². The van der Waals surface area contributed by atoms with Crippen LogP contribution in [0, 0.1) is 0 Å². The Balaban J connectivity index is 1.32. The highest BCUT2D eigenvalue weighted by Gasteiger charge is 2.43. The molecule has 1 aliphatic heterocycles. The van der Waals surface area contributed by atoms with E-state index in [0.717, 1.165) is 25.8 Å². The Labute approximate surface area is 135 Å². The Hall–Kier alpha value is -2.18. The van der Waals surface area contributed by atoms with Crippen molar-refractivity contribution in [3.63, 3.8) is 0 Å². The first-order valence-electron chi connectivity index (χ1n) is 7.99. The monoisotopic (exact) mass is 314 g/mol. The summed E-state index contributed by atoms with van der Waals surface area (Å²) in [5, 5.41) is 2.26. The van der Waals surface area contributed by atoms with Gasteiger partial charge in [-0.2, -0.15) is 0 Å². The first-order valence-corrected chi connectivity index (χ1v) is 7.99. The summed E-state index contributed by atoms with van der Waals surface area (Å²) in [4.78, 5) is 23.9. The van der Waals surface area contributed by atoms with Crippen LogP contribution >= 0.6 is 0 Å². The molecule has 1 heterocycles. The molecule has 0 aromatic heterocycles. The standard InChI is InChI=1S/C17H22N4O2/c22-15-13-21(16(23)19-15)12-6-2-5-11-18-20-17(9-10-17)14-7-3-1-4-8-14/h1-4,6-8,18,20H,5,9-13H2,(H,19,22,23)/b6-2+. The zero-order valence-electron chi connectivity index (χ0n) is 13.0. The molecule has 2 aliphatic rings. The first-order chi connectivity index (χ1) is 11.2. The van der Waals surface area contributed by atoms with E-state index >= 15 is 0 Å². The van der Waals surface area contributed by atoms with Crippen LogP contribution in [-0.4, -0.2) is 36.5 Å². The number of urea groups is 1. The van der Waals surface area contributed by atoms with E-state index in [1.807, 2.05) is 18.2 Å². The van der Waals surface area contributed by atoms with E-state index in [-0.39, 0.29) is 24.0 Å². The molecule has 0 atom stereocenters. The molecule has 3 amide bonds. The number of carbonyl (C=O) groups is 2. The predicted molar refractivity (Wildman–Crippen MR) is 87.4 cm³/mol. The summed E-state index contributed by atoms with van der Waals surface area (Å²) >= 11 is 0. The van der Waals surface area contributed by atoms with Crippen LogP contribution in [0.1, 0.15) is 24.8 Å². The minimum absolute atomic E-state index is 0.0962. The molecule has 1 aliphatic carbocycles. The van der Waals surface area contributed by atoms with Crippen molar-refractivity contribution in [2.45, 2.75) is 24.8 Å². The van der Waals surface area contributed by atoms with Gasteiger partial charge in [0.1, 0.15) is 6.54 Å². The minimum atomic E-state index is -0.307. The molecule has 0 spiro atoms. The van der Waals surface area contributed by atoms with Gasteiger partial charge in [-0.05, 0) is 24.8 Å². The lowest BCUT2D eigenvalue weighted by atomic mass is 10.1. The largest absolute Gasteiger partial charge is 0.324 e. The quantitative estimate of drug-likeness (QED) is 0.292. The number of amides is 3. The molecule has 6 heteroatoms. The maximum absolute atomic E-state index is 11.3. The molecule has 2 fully saturated rings. The molecule has 1 saturated heterocycles. The fourth-order valence-electron chi connectivity index (χ4n) is 2.71. The summed E-state index contributed by atoms with van der Waals surface area (Å²) in [5.41, 5.74) is 8.13. The van der Waals surface area contributed by atoms with Crippen LogP contribution in [0.4, 0.5) is 4.79 Å². The van der Waals surface area contributed by atoms with E-state index in [0.29, 0.717) is 6.54 Å². The lowest BCUT2D eigenvalue weighted by molar-refractivity contribution is -0.118. The summed E-state index contributed by atoms with van der Waals surface area (Å²) in [6.45, 7) is 1.44. The summed E-state index contributed by atoms with van der Waals surface area (Å²) in [5.74, 6) is -0.232. The highest BCUT2D eigenvalue weighted by Crippen LogP contribution is 2.44. The topological polar surface area (TPSA) is 73.5 Å². The maximum Gasteiger partial charge on any atom is 0.324 e. The smallest absolute Gasteiger partial charge is 0.311 e. The van der Waals surface area contributed by atoms with E-state index in [1.165, 1.54) is 10.5 Å². The molecule has 1 saturated carbocycles. The second-order valence-electron chi connectivity index (χ2n) is 5.99. The third kappa shape index (κ3) is 3.97. The molecule has 23 heavy (non-hydrogen) atoms. The third-order valence-corrected chi connectivity index (χ3v) is 4.20. The van der Waals surface area contributed by atoms with Crippen LogP contribution in [0.2, 0.25) is 0 Å². The molecule has 3 N–H and O–H groups in total. The zero-order chi connectivity index (χ0) is 16.1. The van der Waals surface area contributed by atoms with Crippen molar-refractivity contribution in [3.8, 4) is 0 Å². The number of hydrogen-bond donors (Lipinski definition) is 3. The van der Waals surface area contributed by atoms with Crippen LogP contribution in [0.25, 0.3) is 0 Å². The predicted octanol–water partition coefficient (Wildman–Crippen LogP) is 1.27. The number of hydrogen-bond acceptors (Lipinski definition) is 4. The second kappa shape index (κ2) is 6.93. The van der Waals surface area contributed by atoms with E-state index in [4.69, 9.17) is 0 Å². The number of nitrogens with one attached hydrogen (secondary N) is 3. The van der Waals surface area contributed by atoms with Crippen LogP contribution in [-0.2, 0) is 10.3 Å². The van der Waals surface area contributed by atoms with Crippen LogP contribution in [0.5, 0.6) is 0 Å². The van der Waals surface area contributed by atoms with Gasteiger partial charge in [0, 0.05) is 13.1 Å². The minimum Gasteiger partial charge on any atom is -0.311 e. The van der Waals surface area contributed by atoms with Crippen molar-refractivity contribution in [1.82, 2.24) is 21.1 Å². The fraction of sp³-hybridized carbons (Fsp3) is 0.412. The molecule has 1 aromatic carbocycles. The van der Waals surface area contributed by atoms with Gasteiger partial charge in [-0.25, -0.2) is 10.2 Å². The van der Waals surface area contributed by atoms with Gasteiger partial charge in [0.05, 0.1) is 5.54 Å². The van der Waals surface area contributed by atoms with Crippen molar-refractivity contribution in [1.29, 1.82) is 0 Å². The van der Waals surface area contributed by atoms with Gasteiger partial charge in [0.15, 0.2) is 0 Å². The molecule has 3 rings (SSSR count). The number of benzene rings is 1. The van der Waals surface area contributed by atoms with Crippen molar-refractivity contribution in [2.24, 2.45) is 0 Å². The second-order valence-corrected chi connectivity index (χ2v) is 5.99. The average molecular weight is 314 g/mol. The summed E-state index contributed by atoms with van der Waals surface area (Å²) in [6, 6.07) is 10.2. The van der Waals surface area contributed by atoms with Crippen LogP contribution < -0.4 is 16.2 Å². The number of imide groups is 1. The SMILES string of the molecule is O=C1CN(C/C=C/CCNNC2(c3ccccc3)CC2)C(=O)N1. The number of hydrazine groups is 1. The molecule has 0 radical (unpaired) electrons. The average Bonchev–Trinajstić information content (AvgIpc) is 3.27. The lowest BCUT2D eigenvalue weighted by Crippen LogP contribution is -2.41. The highest BCUT2D eigenvalue weighted by molar-refractivity contribution is 6.01. The summed E-state index contributed by atoms with van der Waals surface area (Å²) in [6.07, 6.45) is 7.11. The highest BCUT2D eigenvalue weighted by atomic mass is 16.2. The van der Waals surface area contributed by atoms with Gasteiger partial charge in [-0.3, -0.25) is 15.5 Å². The van der Waals surface area contributed by atoms with Crippen LogP contribution in [0.15, 0.2) is 42.5 Å². The zero-order valence-corrected chi connectivity index (χ0v) is 13.0. The third-order valence-electron chi connectivity index (χ3n) is 4.20. The van der Waals surface area contributed by atoms with E-state index in [2.05, 4.69) is 40.4 Å². The molecular formula is C17H22N4O2. The molecule has 122 valence electrons. The van der Waals surface area contributed by atoms with E-state index in [9.17, 15) is 9.59 Å². The Morgan fingerprint density at radius 3 is 2.61 bits per heavy atom. The Morgan fingerprint density at radius 2 is 1.96 bits per heavy atom. The normalized spacial score (nSPS) is 19.4. The van der Waals surface area contributed by atoms with Crippen molar-refractivity contribution in [2.75, 3.05) is 19.6 Å². The maximum atomic E-state index is 11.3. The van der Waals surface area contributed by atoms with Crippen molar-refractivity contribution < 1.29 is 9.59 Å². The number of rotatable bonds is 8. The Kier molecular flexibility index (Phi) is 4.73. The Bertz CT molecular complexity index is 596. The molecule has 6 nitrogen and oxygen atoms in total. The fourth-order valence-corrected chi connectivity index (χ4v) is 2.71. The van der Waals surface area contributed by atoms with Gasteiger partial charge >= 0.3 is 6.03 Å². The van der Waals surface area contributed by atoms with E-state index < -0.39 is 0 Å². The first kappa shape index (κ1) is 15.7. The van der Waals surface area contributed by atoms with Gasteiger partial charge < -0.3 is 4.90 Å². The van der Waals surface area contributed by atoms with Crippen molar-refractivity contribution in [3.05, 3.63) is 48.0 Å². The molecule has 0 bridgehead atoms. The lowest BCUT2D eigenvalue weighted by Gasteiger charge is -2.18. The molecule has 0 unspecified atom stereocenters. The van der Waals surface area contributed by atoms with Gasteiger partial charge in [0.2, 0.25) is 5.91 Å². The molecule has 1 aromatic rings. The number of carbonyl (C=O) groups excluding carboxylic acids is 2. The molecular weight excluding hydrogens is 292 g/mol. The van der Waals surface area contributed by atoms with Crippen LogP contribution in [0.3, 0.4) is 0 Å². The summed E-state index contributed by atoms with van der Waals surface area (Å²) in [7, 11) is 0. The van der Waals surface area contributed by atoms with Gasteiger partial charge in [-0.15, -0.1) is 0 Å². The Morgan fingerprint density at radius 1 is 1.17 bits per heavy atom. The van der Waals surface area contributed by atoms with Gasteiger partial charge in [-0.1, -0.05) is 42.5 Å². The summed E-state index contributed by atoms with van der Waals surface area (Å²) < 4.78 is 0. The van der Waals surface area contributed by atoms with Crippen molar-refractivity contribution >= 4 is 11.9 Å². The van der Waals surface area contributed by atoms with Gasteiger partial charge in [0.25, 0.3) is 0 Å². The number of nitrogens with zero attached hydrogens (tertiary/aromatic N) is 1.